The van der Waals surface area contributed by atoms with Gasteiger partial charge in [-0.1, -0.05) is 6.92 Å². The van der Waals surface area contributed by atoms with Crippen molar-refractivity contribution < 1.29 is 0 Å². The van der Waals surface area contributed by atoms with Crippen molar-refractivity contribution in [3.8, 4) is 0 Å². The van der Waals surface area contributed by atoms with E-state index in [9.17, 15) is 0 Å². The average molecular weight is 190 g/mol. The molecule has 0 atom stereocenters. The summed E-state index contributed by atoms with van der Waals surface area (Å²) in [6.07, 6.45) is 8.70. The third-order valence-electron chi connectivity index (χ3n) is 2.34. The molecule has 0 bridgehead atoms. The number of hydrogen-bond acceptors (Lipinski definition) is 2. The zero-order valence-electron chi connectivity index (χ0n) is 8.51. The van der Waals surface area contributed by atoms with E-state index in [1.807, 2.05) is 28.7 Å². The van der Waals surface area contributed by atoms with E-state index in [1.54, 1.807) is 6.33 Å². The third kappa shape index (κ3) is 1.69. The van der Waals surface area contributed by atoms with Crippen LogP contribution >= 0.6 is 0 Å². The Morgan fingerprint density at radius 3 is 2.79 bits per heavy atom. The maximum absolute atomic E-state index is 4.28. The van der Waals surface area contributed by atoms with Crippen molar-refractivity contribution in [2.24, 2.45) is 7.05 Å². The highest BCUT2D eigenvalue weighted by atomic mass is 15.3. The van der Waals surface area contributed by atoms with Crippen LogP contribution < -0.4 is 0 Å². The Labute approximate surface area is 83.2 Å². The largest absolute Gasteiger partial charge is 0.336 e. The van der Waals surface area contributed by atoms with Gasteiger partial charge in [0.25, 0.3) is 0 Å². The summed E-state index contributed by atoms with van der Waals surface area (Å²) in [5.74, 6) is 0. The van der Waals surface area contributed by atoms with Crippen molar-refractivity contribution in [1.82, 2.24) is 19.3 Å². The van der Waals surface area contributed by atoms with Gasteiger partial charge in [-0.25, -0.2) is 4.98 Å². The van der Waals surface area contributed by atoms with E-state index in [0.717, 1.165) is 18.7 Å². The van der Waals surface area contributed by atoms with Crippen molar-refractivity contribution in [2.75, 3.05) is 0 Å². The Hall–Kier alpha value is -1.58. The molecular formula is C10H14N4. The molecule has 0 amide bonds. The number of hydrogen-bond donors (Lipinski definition) is 0. The lowest BCUT2D eigenvalue weighted by Gasteiger charge is -2.01. The van der Waals surface area contributed by atoms with Gasteiger partial charge >= 0.3 is 0 Å². The first-order valence-electron chi connectivity index (χ1n) is 4.76. The van der Waals surface area contributed by atoms with E-state index in [2.05, 4.69) is 23.2 Å². The molecular weight excluding hydrogens is 176 g/mol. The highest BCUT2D eigenvalue weighted by molar-refractivity contribution is 5.05. The van der Waals surface area contributed by atoms with Gasteiger partial charge in [0.2, 0.25) is 0 Å². The van der Waals surface area contributed by atoms with E-state index in [-0.39, 0.29) is 0 Å². The lowest BCUT2D eigenvalue weighted by molar-refractivity contribution is 0.647. The van der Waals surface area contributed by atoms with Crippen LogP contribution in [-0.4, -0.2) is 19.3 Å². The Morgan fingerprint density at radius 1 is 1.36 bits per heavy atom. The Morgan fingerprint density at radius 2 is 2.21 bits per heavy atom. The van der Waals surface area contributed by atoms with Crippen LogP contribution in [0.5, 0.6) is 0 Å². The first-order valence-corrected chi connectivity index (χ1v) is 4.76. The molecule has 0 saturated heterocycles. The highest BCUT2D eigenvalue weighted by Crippen LogP contribution is 2.03. The van der Waals surface area contributed by atoms with Crippen LogP contribution in [-0.2, 0) is 20.0 Å². The van der Waals surface area contributed by atoms with Crippen LogP contribution in [0.15, 0.2) is 24.9 Å². The molecule has 0 aliphatic rings. The summed E-state index contributed by atoms with van der Waals surface area (Å²) in [7, 11) is 1.99. The van der Waals surface area contributed by atoms with E-state index in [1.165, 1.54) is 5.56 Å². The fraction of sp³-hybridized carbons (Fsp3) is 0.400. The molecule has 0 aliphatic carbocycles. The molecule has 0 fully saturated rings. The van der Waals surface area contributed by atoms with Crippen LogP contribution in [0.2, 0.25) is 0 Å². The molecule has 0 spiro atoms. The molecule has 0 N–H and O–H groups in total. The summed E-state index contributed by atoms with van der Waals surface area (Å²) >= 11 is 0. The van der Waals surface area contributed by atoms with Crippen LogP contribution in [0.1, 0.15) is 18.2 Å². The SMILES string of the molecule is CCc1cnn(Cc2cncn2C)c1. The molecule has 4 heteroatoms. The predicted molar refractivity (Wildman–Crippen MR) is 53.9 cm³/mol. The Balaban J connectivity index is 2.15. The monoisotopic (exact) mass is 190 g/mol. The van der Waals surface area contributed by atoms with Crippen LogP contribution in [0, 0.1) is 0 Å². The van der Waals surface area contributed by atoms with Gasteiger partial charge in [0.15, 0.2) is 0 Å². The number of imidazole rings is 1. The van der Waals surface area contributed by atoms with Crippen molar-refractivity contribution in [3.05, 3.63) is 36.2 Å². The second-order valence-electron chi connectivity index (χ2n) is 3.40. The molecule has 0 unspecified atom stereocenters. The first-order chi connectivity index (χ1) is 6.79. The normalized spacial score (nSPS) is 10.7. The summed E-state index contributed by atoms with van der Waals surface area (Å²) in [5, 5.41) is 4.28. The van der Waals surface area contributed by atoms with Gasteiger partial charge in [0.05, 0.1) is 31.0 Å². The quantitative estimate of drug-likeness (QED) is 0.729. The fourth-order valence-corrected chi connectivity index (χ4v) is 1.38. The van der Waals surface area contributed by atoms with E-state index in [4.69, 9.17) is 0 Å². The molecule has 2 aromatic heterocycles. The minimum Gasteiger partial charge on any atom is -0.336 e. The lowest BCUT2D eigenvalue weighted by Crippen LogP contribution is -2.04. The van der Waals surface area contributed by atoms with Crippen molar-refractivity contribution >= 4 is 0 Å². The zero-order valence-corrected chi connectivity index (χ0v) is 8.51. The van der Waals surface area contributed by atoms with Crippen molar-refractivity contribution in [3.63, 3.8) is 0 Å². The average Bonchev–Trinajstić information content (AvgIpc) is 2.77. The Kier molecular flexibility index (Phi) is 2.35. The van der Waals surface area contributed by atoms with Crippen LogP contribution in [0.4, 0.5) is 0 Å². The van der Waals surface area contributed by atoms with Gasteiger partial charge in [-0.15, -0.1) is 0 Å². The Bertz CT molecular complexity index is 413. The lowest BCUT2D eigenvalue weighted by atomic mass is 10.3. The third-order valence-corrected chi connectivity index (χ3v) is 2.34. The van der Waals surface area contributed by atoms with Gasteiger partial charge in [-0.05, 0) is 12.0 Å². The molecule has 2 aromatic rings. The van der Waals surface area contributed by atoms with Gasteiger partial charge < -0.3 is 4.57 Å². The maximum Gasteiger partial charge on any atom is 0.0946 e. The molecule has 2 rings (SSSR count). The zero-order chi connectivity index (χ0) is 9.97. The second-order valence-corrected chi connectivity index (χ2v) is 3.40. The first kappa shape index (κ1) is 8.99. The highest BCUT2D eigenvalue weighted by Gasteiger charge is 2.01. The van der Waals surface area contributed by atoms with E-state index < -0.39 is 0 Å². The standard InChI is InChI=1S/C10H14N4/c1-3-9-4-12-14(6-9)7-10-5-11-8-13(10)2/h4-6,8H,3,7H2,1-2H3. The molecule has 0 aliphatic heterocycles. The van der Waals surface area contributed by atoms with Crippen LogP contribution in [0.25, 0.3) is 0 Å². The molecule has 4 nitrogen and oxygen atoms in total. The van der Waals surface area contributed by atoms with Crippen LogP contribution in [0.3, 0.4) is 0 Å². The summed E-state index contributed by atoms with van der Waals surface area (Å²) in [6.45, 7) is 2.92. The smallest absolute Gasteiger partial charge is 0.0946 e. The summed E-state index contributed by atoms with van der Waals surface area (Å²) < 4.78 is 3.95. The topological polar surface area (TPSA) is 35.6 Å². The number of nitrogens with zero attached hydrogens (tertiary/aromatic N) is 4. The second kappa shape index (κ2) is 3.65. The fourth-order valence-electron chi connectivity index (χ4n) is 1.38. The predicted octanol–water partition coefficient (Wildman–Crippen LogP) is 1.23. The van der Waals surface area contributed by atoms with E-state index >= 15 is 0 Å². The molecule has 0 radical (unpaired) electrons. The van der Waals surface area contributed by atoms with E-state index in [0.29, 0.717) is 0 Å². The molecule has 0 saturated carbocycles. The van der Waals surface area contributed by atoms with Crippen molar-refractivity contribution in [2.45, 2.75) is 19.9 Å². The minimum absolute atomic E-state index is 0.788. The number of aromatic nitrogens is 4. The minimum atomic E-state index is 0.788. The molecule has 74 valence electrons. The maximum atomic E-state index is 4.28. The molecule has 14 heavy (non-hydrogen) atoms. The van der Waals surface area contributed by atoms with Gasteiger partial charge in [0, 0.05) is 13.2 Å². The van der Waals surface area contributed by atoms with Gasteiger partial charge in [-0.3, -0.25) is 4.68 Å². The molecule has 2 heterocycles. The number of rotatable bonds is 3. The number of aryl methyl sites for hydroxylation is 2. The van der Waals surface area contributed by atoms with Crippen molar-refractivity contribution in [1.29, 1.82) is 0 Å². The summed E-state index contributed by atoms with van der Waals surface area (Å²) in [4.78, 5) is 4.07. The molecule has 0 aromatic carbocycles. The summed E-state index contributed by atoms with van der Waals surface area (Å²) in [6, 6.07) is 0. The van der Waals surface area contributed by atoms with Gasteiger partial charge in [0.1, 0.15) is 0 Å². The van der Waals surface area contributed by atoms with Gasteiger partial charge in [-0.2, -0.15) is 5.10 Å². The summed E-state index contributed by atoms with van der Waals surface area (Å²) in [5.41, 5.74) is 2.43.